The van der Waals surface area contributed by atoms with E-state index in [0.717, 1.165) is 27.7 Å². The van der Waals surface area contributed by atoms with Crippen molar-refractivity contribution in [3.05, 3.63) is 71.4 Å². The minimum Gasteiger partial charge on any atom is -0.382 e. The quantitative estimate of drug-likeness (QED) is 0.430. The molecule has 0 spiro atoms. The Bertz CT molecular complexity index is 813. The molecule has 0 aliphatic heterocycles. The summed E-state index contributed by atoms with van der Waals surface area (Å²) in [6, 6.07) is 17.7. The Morgan fingerprint density at radius 3 is 2.57 bits per heavy atom. The highest BCUT2D eigenvalue weighted by molar-refractivity contribution is 6.01. The van der Waals surface area contributed by atoms with Crippen LogP contribution in [0.5, 0.6) is 0 Å². The molecule has 0 atom stereocenters. The summed E-state index contributed by atoms with van der Waals surface area (Å²) in [5.41, 5.74) is 9.97. The van der Waals surface area contributed by atoms with Crippen LogP contribution in [0.2, 0.25) is 0 Å². The highest BCUT2D eigenvalue weighted by Gasteiger charge is 2.04. The second-order valence-electron chi connectivity index (χ2n) is 4.81. The summed E-state index contributed by atoms with van der Waals surface area (Å²) in [5, 5.41) is 9.32. The van der Waals surface area contributed by atoms with Crippen LogP contribution in [0.3, 0.4) is 0 Å². The molecule has 0 fully saturated rings. The lowest BCUT2D eigenvalue weighted by atomic mass is 10.1. The first-order valence-corrected chi connectivity index (χ1v) is 6.75. The summed E-state index contributed by atoms with van der Waals surface area (Å²) >= 11 is 0. The smallest absolute Gasteiger partial charge is 0.153 e. The fraction of sp³-hybridized carbons (Fsp3) is 0.0588. The van der Waals surface area contributed by atoms with E-state index in [4.69, 9.17) is 5.73 Å². The molecule has 3 rings (SSSR count). The number of aryl methyl sites for hydroxylation is 1. The number of fused-ring (bicyclic) bond motifs is 1. The number of para-hydroxylation sites is 1. The number of amidine groups is 1. The lowest BCUT2D eigenvalue weighted by Gasteiger charge is -1.96. The summed E-state index contributed by atoms with van der Waals surface area (Å²) in [4.78, 5) is 3.33. The number of nitrogens with two attached hydrogens (primary N) is 1. The molecule has 1 heterocycles. The lowest BCUT2D eigenvalue weighted by Crippen LogP contribution is -2.12. The van der Waals surface area contributed by atoms with Gasteiger partial charge < -0.3 is 10.7 Å². The molecule has 3 N–H and O–H groups in total. The van der Waals surface area contributed by atoms with E-state index in [1.807, 2.05) is 55.5 Å². The highest BCUT2D eigenvalue weighted by atomic mass is 15.2. The van der Waals surface area contributed by atoms with Crippen molar-refractivity contribution in [2.45, 2.75) is 6.92 Å². The van der Waals surface area contributed by atoms with E-state index in [1.54, 1.807) is 6.21 Å². The number of nitrogens with zero attached hydrogens (tertiary/aromatic N) is 2. The van der Waals surface area contributed by atoms with E-state index in [9.17, 15) is 0 Å². The molecule has 4 heteroatoms. The molecule has 0 amide bonds. The summed E-state index contributed by atoms with van der Waals surface area (Å²) in [6.45, 7) is 2.02. The Morgan fingerprint density at radius 1 is 1.05 bits per heavy atom. The van der Waals surface area contributed by atoms with Crippen LogP contribution < -0.4 is 5.73 Å². The predicted molar refractivity (Wildman–Crippen MR) is 87.8 cm³/mol. The zero-order valence-corrected chi connectivity index (χ0v) is 11.7. The highest BCUT2D eigenvalue weighted by Crippen LogP contribution is 2.19. The van der Waals surface area contributed by atoms with Gasteiger partial charge in [0.1, 0.15) is 0 Å². The molecule has 0 bridgehead atoms. The van der Waals surface area contributed by atoms with E-state index < -0.39 is 0 Å². The summed E-state index contributed by atoms with van der Waals surface area (Å²) in [5.74, 6) is 0.407. The maximum Gasteiger partial charge on any atom is 0.153 e. The first kappa shape index (κ1) is 13.1. The van der Waals surface area contributed by atoms with Crippen LogP contribution in [0.1, 0.15) is 16.8 Å². The Morgan fingerprint density at radius 2 is 1.76 bits per heavy atom. The predicted octanol–water partition coefficient (Wildman–Crippen LogP) is 3.22. The average Bonchev–Trinajstić information content (AvgIpc) is 2.84. The Labute approximate surface area is 123 Å². The van der Waals surface area contributed by atoms with Crippen molar-refractivity contribution < 1.29 is 0 Å². The lowest BCUT2D eigenvalue weighted by molar-refractivity contribution is 1.22. The standard InChI is InChI=1S/C17H16N4/c1-12-15(14-9-5-6-10-16(14)20-12)11-19-21-17(18)13-7-3-2-4-8-13/h2-11,20H,1H3,(H2,18,21)/b19-11+. The van der Waals surface area contributed by atoms with Gasteiger partial charge in [0.25, 0.3) is 0 Å². The first-order valence-electron chi connectivity index (χ1n) is 6.75. The largest absolute Gasteiger partial charge is 0.382 e. The fourth-order valence-corrected chi connectivity index (χ4v) is 2.28. The number of aromatic amines is 1. The van der Waals surface area contributed by atoms with Gasteiger partial charge in [0.15, 0.2) is 5.84 Å². The molecule has 0 unspecified atom stereocenters. The molecule has 0 saturated carbocycles. The van der Waals surface area contributed by atoms with Gasteiger partial charge in [0, 0.05) is 27.7 Å². The number of rotatable bonds is 3. The molecule has 1 aromatic heterocycles. The molecule has 0 radical (unpaired) electrons. The van der Waals surface area contributed by atoms with Crippen molar-refractivity contribution in [3.8, 4) is 0 Å². The topological polar surface area (TPSA) is 66.5 Å². The molecular formula is C17H16N4. The monoisotopic (exact) mass is 276 g/mol. The summed E-state index contributed by atoms with van der Waals surface area (Å²) in [7, 11) is 0. The molecular weight excluding hydrogens is 260 g/mol. The number of nitrogens with one attached hydrogen (secondary N) is 1. The molecule has 0 aliphatic rings. The Hall–Kier alpha value is -2.88. The number of H-pyrrole nitrogens is 1. The van der Waals surface area contributed by atoms with Crippen LogP contribution in [-0.2, 0) is 0 Å². The maximum absolute atomic E-state index is 5.91. The van der Waals surface area contributed by atoms with Gasteiger partial charge in [-0.05, 0) is 13.0 Å². The molecule has 0 saturated heterocycles. The maximum atomic E-state index is 5.91. The molecule has 104 valence electrons. The van der Waals surface area contributed by atoms with Crippen molar-refractivity contribution in [1.29, 1.82) is 0 Å². The first-order chi connectivity index (χ1) is 10.3. The van der Waals surface area contributed by atoms with Gasteiger partial charge in [-0.15, -0.1) is 5.10 Å². The molecule has 3 aromatic rings. The minimum atomic E-state index is 0.407. The second-order valence-corrected chi connectivity index (χ2v) is 4.81. The van der Waals surface area contributed by atoms with Crippen molar-refractivity contribution in [2.24, 2.45) is 15.9 Å². The fourth-order valence-electron chi connectivity index (χ4n) is 2.28. The van der Waals surface area contributed by atoms with Gasteiger partial charge in [0.2, 0.25) is 0 Å². The van der Waals surface area contributed by atoms with Gasteiger partial charge >= 0.3 is 0 Å². The number of aromatic nitrogens is 1. The number of hydrogen-bond donors (Lipinski definition) is 2. The van der Waals surface area contributed by atoms with Crippen LogP contribution >= 0.6 is 0 Å². The van der Waals surface area contributed by atoms with Crippen molar-refractivity contribution >= 4 is 23.0 Å². The molecule has 2 aromatic carbocycles. The van der Waals surface area contributed by atoms with Crippen LogP contribution in [0.4, 0.5) is 0 Å². The molecule has 21 heavy (non-hydrogen) atoms. The zero-order valence-electron chi connectivity index (χ0n) is 11.7. The van der Waals surface area contributed by atoms with E-state index in [1.165, 1.54) is 0 Å². The number of hydrogen-bond acceptors (Lipinski definition) is 2. The minimum absolute atomic E-state index is 0.407. The average molecular weight is 276 g/mol. The Balaban J connectivity index is 1.90. The van der Waals surface area contributed by atoms with Crippen molar-refractivity contribution in [2.75, 3.05) is 0 Å². The Kier molecular flexibility index (Phi) is 3.51. The van der Waals surface area contributed by atoms with Gasteiger partial charge in [-0.3, -0.25) is 0 Å². The van der Waals surface area contributed by atoms with Gasteiger partial charge in [-0.1, -0.05) is 48.5 Å². The molecule has 4 nitrogen and oxygen atoms in total. The van der Waals surface area contributed by atoms with Gasteiger partial charge in [0.05, 0.1) is 6.21 Å². The van der Waals surface area contributed by atoms with Crippen molar-refractivity contribution in [3.63, 3.8) is 0 Å². The third kappa shape index (κ3) is 2.69. The van der Waals surface area contributed by atoms with E-state index >= 15 is 0 Å². The van der Waals surface area contributed by atoms with Gasteiger partial charge in [-0.25, -0.2) is 0 Å². The van der Waals surface area contributed by atoms with Crippen LogP contribution in [0.15, 0.2) is 64.8 Å². The third-order valence-corrected chi connectivity index (χ3v) is 3.37. The van der Waals surface area contributed by atoms with E-state index in [0.29, 0.717) is 5.84 Å². The zero-order chi connectivity index (χ0) is 14.7. The van der Waals surface area contributed by atoms with Gasteiger partial charge in [-0.2, -0.15) is 5.10 Å². The number of benzene rings is 2. The van der Waals surface area contributed by atoms with Crippen molar-refractivity contribution in [1.82, 2.24) is 4.98 Å². The van der Waals surface area contributed by atoms with Crippen LogP contribution in [-0.4, -0.2) is 17.0 Å². The van der Waals surface area contributed by atoms with E-state index in [2.05, 4.69) is 21.3 Å². The SMILES string of the molecule is Cc1[nH]c2ccccc2c1/C=N/N=C(/N)c1ccccc1. The second kappa shape index (κ2) is 5.63. The normalized spacial score (nSPS) is 12.3. The van der Waals surface area contributed by atoms with E-state index in [-0.39, 0.29) is 0 Å². The van der Waals surface area contributed by atoms with Crippen LogP contribution in [0.25, 0.3) is 10.9 Å². The summed E-state index contributed by atoms with van der Waals surface area (Å²) in [6.07, 6.45) is 1.74. The molecule has 0 aliphatic carbocycles. The summed E-state index contributed by atoms with van der Waals surface area (Å²) < 4.78 is 0. The third-order valence-electron chi connectivity index (χ3n) is 3.37. The van der Waals surface area contributed by atoms with Crippen LogP contribution in [0, 0.1) is 6.92 Å².